The number of rotatable bonds is 4. The van der Waals surface area contributed by atoms with Gasteiger partial charge >= 0.3 is 0 Å². The molecule has 28 heavy (non-hydrogen) atoms. The number of pyridine rings is 1. The van der Waals surface area contributed by atoms with Crippen LogP contribution in [0.1, 0.15) is 35.2 Å². The SMILES string of the molecule is COCCN1C(=O)CC2(CCN(C(=O)c3cccnc3)CC2)c2ccccc21. The Balaban J connectivity index is 1.56. The van der Waals surface area contributed by atoms with Crippen molar-refractivity contribution in [3.05, 3.63) is 59.9 Å². The fourth-order valence-electron chi connectivity index (χ4n) is 4.46. The lowest BCUT2D eigenvalue weighted by Crippen LogP contribution is -2.51. The molecule has 0 atom stereocenters. The highest BCUT2D eigenvalue weighted by atomic mass is 16.5. The van der Waals surface area contributed by atoms with E-state index in [9.17, 15) is 9.59 Å². The number of para-hydroxylation sites is 1. The van der Waals surface area contributed by atoms with Crippen LogP contribution in [0.5, 0.6) is 0 Å². The molecule has 6 heteroatoms. The Morgan fingerprint density at radius 2 is 1.96 bits per heavy atom. The largest absolute Gasteiger partial charge is 0.383 e. The Morgan fingerprint density at radius 3 is 2.68 bits per heavy atom. The highest BCUT2D eigenvalue weighted by molar-refractivity contribution is 5.98. The smallest absolute Gasteiger partial charge is 0.255 e. The first kappa shape index (κ1) is 18.6. The molecule has 0 N–H and O–H groups in total. The fourth-order valence-corrected chi connectivity index (χ4v) is 4.46. The second kappa shape index (κ2) is 7.72. The number of likely N-dealkylation sites (tertiary alicyclic amines) is 1. The Kier molecular flexibility index (Phi) is 5.13. The number of carbonyl (C=O) groups is 2. The second-order valence-electron chi connectivity index (χ2n) is 7.55. The number of amides is 2. The van der Waals surface area contributed by atoms with Gasteiger partial charge in [0.15, 0.2) is 0 Å². The molecule has 2 aliphatic rings. The van der Waals surface area contributed by atoms with Crippen LogP contribution in [0.15, 0.2) is 48.8 Å². The third-order valence-corrected chi connectivity index (χ3v) is 5.99. The molecule has 1 aromatic heterocycles. The van der Waals surface area contributed by atoms with Gasteiger partial charge in [0, 0.05) is 56.7 Å². The lowest BCUT2D eigenvalue weighted by atomic mass is 9.67. The zero-order chi connectivity index (χ0) is 19.6. The number of fused-ring (bicyclic) bond motifs is 2. The zero-order valence-electron chi connectivity index (χ0n) is 16.1. The predicted octanol–water partition coefficient (Wildman–Crippen LogP) is 2.64. The number of benzene rings is 1. The lowest BCUT2D eigenvalue weighted by molar-refractivity contribution is -0.121. The lowest BCUT2D eigenvalue weighted by Gasteiger charge is -2.47. The molecular weight excluding hydrogens is 354 g/mol. The van der Waals surface area contributed by atoms with E-state index in [0.29, 0.717) is 38.2 Å². The molecule has 0 aliphatic carbocycles. The molecule has 1 fully saturated rings. The maximum Gasteiger partial charge on any atom is 0.255 e. The van der Waals surface area contributed by atoms with Crippen molar-refractivity contribution in [3.8, 4) is 0 Å². The van der Waals surface area contributed by atoms with Gasteiger partial charge in [0.2, 0.25) is 5.91 Å². The van der Waals surface area contributed by atoms with Crippen LogP contribution >= 0.6 is 0 Å². The van der Waals surface area contributed by atoms with Gasteiger partial charge in [-0.15, -0.1) is 0 Å². The molecule has 0 radical (unpaired) electrons. The van der Waals surface area contributed by atoms with Crippen LogP contribution in [0.3, 0.4) is 0 Å². The summed E-state index contributed by atoms with van der Waals surface area (Å²) in [6, 6.07) is 11.8. The summed E-state index contributed by atoms with van der Waals surface area (Å²) in [4.78, 5) is 33.5. The number of anilines is 1. The van der Waals surface area contributed by atoms with E-state index in [-0.39, 0.29) is 17.2 Å². The minimum absolute atomic E-state index is 0.0140. The van der Waals surface area contributed by atoms with Crippen LogP contribution in [-0.2, 0) is 14.9 Å². The molecule has 0 saturated carbocycles. The van der Waals surface area contributed by atoms with Gasteiger partial charge < -0.3 is 14.5 Å². The average molecular weight is 379 g/mol. The van der Waals surface area contributed by atoms with E-state index in [4.69, 9.17) is 4.74 Å². The van der Waals surface area contributed by atoms with Gasteiger partial charge in [0.1, 0.15) is 0 Å². The number of methoxy groups -OCH3 is 1. The molecule has 146 valence electrons. The van der Waals surface area contributed by atoms with Gasteiger partial charge in [0.05, 0.1) is 12.2 Å². The molecule has 2 aromatic rings. The maximum absolute atomic E-state index is 13.0. The highest BCUT2D eigenvalue weighted by Crippen LogP contribution is 2.47. The predicted molar refractivity (Wildman–Crippen MR) is 106 cm³/mol. The van der Waals surface area contributed by atoms with Crippen molar-refractivity contribution >= 4 is 17.5 Å². The Morgan fingerprint density at radius 1 is 1.18 bits per heavy atom. The number of aromatic nitrogens is 1. The Labute approximate surface area is 165 Å². The molecule has 6 nitrogen and oxygen atoms in total. The van der Waals surface area contributed by atoms with E-state index in [1.165, 1.54) is 5.56 Å². The number of piperidine rings is 1. The first-order valence-electron chi connectivity index (χ1n) is 9.73. The van der Waals surface area contributed by atoms with Gasteiger partial charge in [-0.25, -0.2) is 0 Å². The van der Waals surface area contributed by atoms with E-state index < -0.39 is 0 Å². The third-order valence-electron chi connectivity index (χ3n) is 5.99. The second-order valence-corrected chi connectivity index (χ2v) is 7.55. The third kappa shape index (κ3) is 3.29. The van der Waals surface area contributed by atoms with Gasteiger partial charge in [-0.2, -0.15) is 0 Å². The van der Waals surface area contributed by atoms with Crippen LogP contribution in [-0.4, -0.2) is 55.0 Å². The van der Waals surface area contributed by atoms with Crippen LogP contribution < -0.4 is 4.90 Å². The summed E-state index contributed by atoms with van der Waals surface area (Å²) in [5.74, 6) is 0.155. The molecule has 1 aromatic carbocycles. The first-order valence-corrected chi connectivity index (χ1v) is 9.73. The zero-order valence-corrected chi connectivity index (χ0v) is 16.1. The van der Waals surface area contributed by atoms with Crippen molar-refractivity contribution in [2.24, 2.45) is 0 Å². The van der Waals surface area contributed by atoms with Crippen molar-refractivity contribution in [3.63, 3.8) is 0 Å². The van der Waals surface area contributed by atoms with E-state index in [1.54, 1.807) is 31.6 Å². The molecule has 1 saturated heterocycles. The van der Waals surface area contributed by atoms with Gasteiger partial charge in [-0.05, 0) is 36.6 Å². The standard InChI is InChI=1S/C22H25N3O3/c1-28-14-13-25-19-7-3-2-6-18(19)22(15-20(25)26)8-11-24(12-9-22)21(27)17-5-4-10-23-16-17/h2-7,10,16H,8-9,11-15H2,1H3. The van der Waals surface area contributed by atoms with Crippen molar-refractivity contribution in [1.29, 1.82) is 0 Å². The summed E-state index contributed by atoms with van der Waals surface area (Å²) in [5, 5.41) is 0. The van der Waals surface area contributed by atoms with Crippen LogP contribution in [0.2, 0.25) is 0 Å². The van der Waals surface area contributed by atoms with E-state index >= 15 is 0 Å². The summed E-state index contributed by atoms with van der Waals surface area (Å²) in [6.07, 6.45) is 5.35. The van der Waals surface area contributed by atoms with Crippen molar-refractivity contribution < 1.29 is 14.3 Å². The van der Waals surface area contributed by atoms with E-state index in [0.717, 1.165) is 18.5 Å². The monoisotopic (exact) mass is 379 g/mol. The first-order chi connectivity index (χ1) is 13.6. The van der Waals surface area contributed by atoms with Gasteiger partial charge in [0.25, 0.3) is 5.91 Å². The average Bonchev–Trinajstić information content (AvgIpc) is 2.74. The summed E-state index contributed by atoms with van der Waals surface area (Å²) in [5.41, 5.74) is 2.63. The maximum atomic E-state index is 13.0. The molecule has 1 spiro atoms. The Bertz CT molecular complexity index is 860. The van der Waals surface area contributed by atoms with Gasteiger partial charge in [-0.3, -0.25) is 14.6 Å². The summed E-state index contributed by atoms with van der Waals surface area (Å²) in [6.45, 7) is 2.37. The highest BCUT2D eigenvalue weighted by Gasteiger charge is 2.45. The van der Waals surface area contributed by atoms with Gasteiger partial charge in [-0.1, -0.05) is 18.2 Å². The summed E-state index contributed by atoms with van der Waals surface area (Å²) >= 11 is 0. The molecule has 0 unspecified atom stereocenters. The van der Waals surface area contributed by atoms with Crippen molar-refractivity contribution in [2.45, 2.75) is 24.7 Å². The summed E-state index contributed by atoms with van der Waals surface area (Å²) in [7, 11) is 1.65. The molecule has 3 heterocycles. The summed E-state index contributed by atoms with van der Waals surface area (Å²) < 4.78 is 5.18. The minimum atomic E-state index is -0.192. The Hall–Kier alpha value is -2.73. The molecule has 2 amide bonds. The molecular formula is C22H25N3O3. The minimum Gasteiger partial charge on any atom is -0.383 e. The van der Waals surface area contributed by atoms with Crippen molar-refractivity contribution in [2.75, 3.05) is 38.3 Å². The number of nitrogens with zero attached hydrogens (tertiary/aromatic N) is 3. The fraction of sp³-hybridized carbons (Fsp3) is 0.409. The van der Waals surface area contributed by atoms with E-state index in [1.807, 2.05) is 28.0 Å². The number of ether oxygens (including phenoxy) is 1. The normalized spacial score (nSPS) is 18.2. The topological polar surface area (TPSA) is 62.7 Å². The molecule has 2 aliphatic heterocycles. The quantitative estimate of drug-likeness (QED) is 0.819. The van der Waals surface area contributed by atoms with Crippen LogP contribution in [0.25, 0.3) is 0 Å². The number of hydrogen-bond donors (Lipinski definition) is 0. The molecule has 0 bridgehead atoms. The number of carbonyl (C=O) groups excluding carboxylic acids is 2. The number of hydrogen-bond acceptors (Lipinski definition) is 4. The van der Waals surface area contributed by atoms with E-state index in [2.05, 4.69) is 11.1 Å². The molecule has 4 rings (SSSR count). The van der Waals surface area contributed by atoms with Crippen molar-refractivity contribution in [1.82, 2.24) is 9.88 Å². The van der Waals surface area contributed by atoms with Crippen LogP contribution in [0.4, 0.5) is 5.69 Å². The van der Waals surface area contributed by atoms with Crippen LogP contribution in [0, 0.1) is 0 Å².